The Morgan fingerprint density at radius 2 is 1.48 bits per heavy atom. The smallest absolute Gasteiger partial charge is 0.113 e. The van der Waals surface area contributed by atoms with E-state index >= 15 is 0 Å². The van der Waals surface area contributed by atoms with Crippen LogP contribution in [0.2, 0.25) is 0 Å². The Morgan fingerprint density at radius 1 is 0.800 bits per heavy atom. The monoisotopic (exact) mass is 390 g/mol. The molecule has 0 aliphatic rings. The number of hydrogen-bond donors (Lipinski definition) is 1. The molecule has 3 aromatic carbocycles. The standard InChI is InChI=1S/C20H15BrN4/c21-16-12-10-14(11-13-16)19(22)20(15-6-2-1-3-7-15)25-18-9-5-4-8-17(18)23-24-25/h1-13H,22H2/b20-19-. The number of benzene rings is 3. The summed E-state index contributed by atoms with van der Waals surface area (Å²) in [4.78, 5) is 0. The van der Waals surface area contributed by atoms with Crippen LogP contribution in [0, 0.1) is 0 Å². The number of rotatable bonds is 3. The third kappa shape index (κ3) is 2.94. The van der Waals surface area contributed by atoms with Gasteiger partial charge in [-0.3, -0.25) is 0 Å². The Balaban J connectivity index is 2.00. The largest absolute Gasteiger partial charge is 0.396 e. The number of nitrogens with two attached hydrogens (primary N) is 1. The summed E-state index contributed by atoms with van der Waals surface area (Å²) in [6.07, 6.45) is 0. The van der Waals surface area contributed by atoms with E-state index in [0.717, 1.165) is 32.3 Å². The summed E-state index contributed by atoms with van der Waals surface area (Å²) in [5.74, 6) is 0. The zero-order valence-corrected chi connectivity index (χ0v) is 14.9. The number of para-hydroxylation sites is 1. The van der Waals surface area contributed by atoms with Gasteiger partial charge in [-0.05, 0) is 29.8 Å². The maximum absolute atomic E-state index is 6.58. The zero-order chi connectivity index (χ0) is 17.2. The molecule has 0 saturated heterocycles. The third-order valence-corrected chi connectivity index (χ3v) is 4.55. The maximum atomic E-state index is 6.58. The average molecular weight is 391 g/mol. The summed E-state index contributed by atoms with van der Waals surface area (Å²) in [5.41, 5.74) is 11.7. The van der Waals surface area contributed by atoms with Gasteiger partial charge in [0.1, 0.15) is 5.52 Å². The minimum absolute atomic E-state index is 0.648. The van der Waals surface area contributed by atoms with Crippen molar-refractivity contribution >= 4 is 38.4 Å². The van der Waals surface area contributed by atoms with E-state index in [4.69, 9.17) is 5.73 Å². The fraction of sp³-hybridized carbons (Fsp3) is 0. The molecule has 4 rings (SSSR count). The van der Waals surface area contributed by atoms with Crippen molar-refractivity contribution in [3.05, 3.63) is 94.5 Å². The molecule has 0 atom stereocenters. The molecule has 4 nitrogen and oxygen atoms in total. The predicted octanol–water partition coefficient (Wildman–Crippen LogP) is 4.53. The Labute approximate surface area is 153 Å². The molecule has 122 valence electrons. The second-order valence-electron chi connectivity index (χ2n) is 5.63. The van der Waals surface area contributed by atoms with Gasteiger partial charge in [-0.1, -0.05) is 75.7 Å². The second kappa shape index (κ2) is 6.53. The molecular weight excluding hydrogens is 376 g/mol. The van der Waals surface area contributed by atoms with E-state index in [1.54, 1.807) is 0 Å². The molecule has 25 heavy (non-hydrogen) atoms. The molecule has 4 aromatic rings. The van der Waals surface area contributed by atoms with E-state index in [-0.39, 0.29) is 0 Å². The molecule has 0 saturated carbocycles. The van der Waals surface area contributed by atoms with Crippen LogP contribution in [-0.2, 0) is 0 Å². The third-order valence-electron chi connectivity index (χ3n) is 4.02. The van der Waals surface area contributed by atoms with E-state index in [1.165, 1.54) is 0 Å². The molecule has 0 bridgehead atoms. The first kappa shape index (κ1) is 15.6. The average Bonchev–Trinajstić information content (AvgIpc) is 3.07. The van der Waals surface area contributed by atoms with Crippen molar-refractivity contribution in [2.75, 3.05) is 0 Å². The molecule has 1 heterocycles. The number of fused-ring (bicyclic) bond motifs is 1. The molecule has 0 amide bonds. The first-order valence-corrected chi connectivity index (χ1v) is 8.65. The number of aromatic nitrogens is 3. The molecule has 2 N–H and O–H groups in total. The minimum atomic E-state index is 0.648. The highest BCUT2D eigenvalue weighted by molar-refractivity contribution is 9.10. The van der Waals surface area contributed by atoms with Crippen molar-refractivity contribution in [2.45, 2.75) is 0 Å². The van der Waals surface area contributed by atoms with Crippen LogP contribution in [0.15, 0.2) is 83.3 Å². The fourth-order valence-corrected chi connectivity index (χ4v) is 3.05. The van der Waals surface area contributed by atoms with Gasteiger partial charge in [-0.2, -0.15) is 0 Å². The van der Waals surface area contributed by atoms with Crippen LogP contribution in [0.25, 0.3) is 22.4 Å². The van der Waals surface area contributed by atoms with Crippen LogP contribution in [0.4, 0.5) is 0 Å². The molecule has 0 fully saturated rings. The van der Waals surface area contributed by atoms with Gasteiger partial charge in [0.15, 0.2) is 0 Å². The number of nitrogens with zero attached hydrogens (tertiary/aromatic N) is 3. The van der Waals surface area contributed by atoms with E-state index in [0.29, 0.717) is 5.70 Å². The second-order valence-corrected chi connectivity index (χ2v) is 6.54. The summed E-state index contributed by atoms with van der Waals surface area (Å²) in [7, 11) is 0. The first-order valence-electron chi connectivity index (χ1n) is 7.86. The number of halogens is 1. The van der Waals surface area contributed by atoms with Crippen molar-refractivity contribution < 1.29 is 0 Å². The topological polar surface area (TPSA) is 56.7 Å². The summed E-state index contributed by atoms with van der Waals surface area (Å²) in [6, 6.07) is 25.8. The summed E-state index contributed by atoms with van der Waals surface area (Å²) >= 11 is 3.46. The molecule has 0 spiro atoms. The van der Waals surface area contributed by atoms with Gasteiger partial charge in [0, 0.05) is 10.0 Å². The van der Waals surface area contributed by atoms with E-state index in [1.807, 2.05) is 83.5 Å². The lowest BCUT2D eigenvalue weighted by Gasteiger charge is -2.13. The Hall–Kier alpha value is -2.92. The Kier molecular flexibility index (Phi) is 4.07. The highest BCUT2D eigenvalue weighted by atomic mass is 79.9. The Morgan fingerprint density at radius 3 is 2.24 bits per heavy atom. The summed E-state index contributed by atoms with van der Waals surface area (Å²) < 4.78 is 2.82. The van der Waals surface area contributed by atoms with Gasteiger partial charge < -0.3 is 5.73 Å². The van der Waals surface area contributed by atoms with E-state index in [2.05, 4.69) is 26.2 Å². The van der Waals surface area contributed by atoms with Crippen LogP contribution in [-0.4, -0.2) is 15.0 Å². The summed E-state index contributed by atoms with van der Waals surface area (Å²) in [6.45, 7) is 0. The molecule has 0 aliphatic carbocycles. The van der Waals surface area contributed by atoms with Crippen molar-refractivity contribution in [3.63, 3.8) is 0 Å². The lowest BCUT2D eigenvalue weighted by molar-refractivity contribution is 0.841. The van der Waals surface area contributed by atoms with Crippen molar-refractivity contribution in [1.29, 1.82) is 0 Å². The van der Waals surface area contributed by atoms with Crippen molar-refractivity contribution in [1.82, 2.24) is 15.0 Å². The first-order chi connectivity index (χ1) is 12.2. The molecule has 0 unspecified atom stereocenters. The molecule has 1 aromatic heterocycles. The normalized spacial score (nSPS) is 12.2. The van der Waals surface area contributed by atoms with Gasteiger partial charge >= 0.3 is 0 Å². The van der Waals surface area contributed by atoms with Crippen LogP contribution in [0.5, 0.6) is 0 Å². The van der Waals surface area contributed by atoms with Gasteiger partial charge in [-0.25, -0.2) is 4.68 Å². The molecule has 0 radical (unpaired) electrons. The molecule has 0 aliphatic heterocycles. The van der Waals surface area contributed by atoms with Crippen LogP contribution in [0.1, 0.15) is 11.1 Å². The maximum Gasteiger partial charge on any atom is 0.113 e. The molecule has 5 heteroatoms. The van der Waals surface area contributed by atoms with Gasteiger partial charge in [0.2, 0.25) is 0 Å². The van der Waals surface area contributed by atoms with Crippen molar-refractivity contribution in [2.24, 2.45) is 5.73 Å². The van der Waals surface area contributed by atoms with E-state index in [9.17, 15) is 0 Å². The van der Waals surface area contributed by atoms with Gasteiger partial charge in [-0.15, -0.1) is 5.10 Å². The van der Waals surface area contributed by atoms with E-state index < -0.39 is 0 Å². The van der Waals surface area contributed by atoms with Crippen LogP contribution >= 0.6 is 15.9 Å². The van der Waals surface area contributed by atoms with Crippen molar-refractivity contribution in [3.8, 4) is 0 Å². The van der Waals surface area contributed by atoms with Crippen LogP contribution in [0.3, 0.4) is 0 Å². The zero-order valence-electron chi connectivity index (χ0n) is 13.3. The highest BCUT2D eigenvalue weighted by Crippen LogP contribution is 2.27. The SMILES string of the molecule is N/C(=C(/c1ccccc1)n1nnc2ccccc21)c1ccc(Br)cc1. The number of hydrogen-bond acceptors (Lipinski definition) is 3. The lowest BCUT2D eigenvalue weighted by Crippen LogP contribution is -2.09. The quantitative estimate of drug-likeness (QED) is 0.522. The fourth-order valence-electron chi connectivity index (χ4n) is 2.79. The Bertz CT molecular complexity index is 1050. The summed E-state index contributed by atoms with van der Waals surface area (Å²) in [5, 5.41) is 8.63. The highest BCUT2D eigenvalue weighted by Gasteiger charge is 2.15. The van der Waals surface area contributed by atoms with Crippen LogP contribution < -0.4 is 5.73 Å². The minimum Gasteiger partial charge on any atom is -0.396 e. The van der Waals surface area contributed by atoms with Gasteiger partial charge in [0.05, 0.1) is 16.9 Å². The van der Waals surface area contributed by atoms with Gasteiger partial charge in [0.25, 0.3) is 0 Å². The predicted molar refractivity (Wildman–Crippen MR) is 105 cm³/mol. The molecular formula is C20H15BrN4. The lowest BCUT2D eigenvalue weighted by atomic mass is 10.1.